The van der Waals surface area contributed by atoms with Crippen molar-refractivity contribution >= 4 is 11.9 Å². The molecule has 20 heavy (non-hydrogen) atoms. The lowest BCUT2D eigenvalue weighted by atomic mass is 9.80. The zero-order valence-electron chi connectivity index (χ0n) is 12.9. The first kappa shape index (κ1) is 15.3. The topological polar surface area (TPSA) is 69.6 Å². The quantitative estimate of drug-likeness (QED) is 0.812. The Labute approximate surface area is 120 Å². The van der Waals surface area contributed by atoms with Crippen molar-refractivity contribution in [1.82, 2.24) is 10.2 Å². The third-order valence-corrected chi connectivity index (χ3v) is 5.26. The van der Waals surface area contributed by atoms with Crippen LogP contribution in [0.25, 0.3) is 0 Å². The van der Waals surface area contributed by atoms with E-state index in [4.69, 9.17) is 5.11 Å². The van der Waals surface area contributed by atoms with Crippen LogP contribution in [0.4, 0.5) is 0 Å². The Bertz CT molecular complexity index is 411. The zero-order chi connectivity index (χ0) is 15.1. The Kier molecular flexibility index (Phi) is 3.84. The molecule has 0 aromatic heterocycles. The van der Waals surface area contributed by atoms with E-state index in [0.717, 1.165) is 25.9 Å². The fraction of sp³-hybridized carbons (Fsp3) is 0.867. The molecule has 1 heterocycles. The molecule has 2 N–H and O–H groups in total. The van der Waals surface area contributed by atoms with Crippen LogP contribution in [0.5, 0.6) is 0 Å². The van der Waals surface area contributed by atoms with Gasteiger partial charge < -0.3 is 15.3 Å². The van der Waals surface area contributed by atoms with Crippen LogP contribution in [0.15, 0.2) is 0 Å². The Morgan fingerprint density at radius 1 is 1.20 bits per heavy atom. The molecule has 2 aliphatic rings. The van der Waals surface area contributed by atoms with E-state index in [1.165, 1.54) is 0 Å². The molecule has 1 amide bonds. The highest BCUT2D eigenvalue weighted by Crippen LogP contribution is 2.58. The minimum absolute atomic E-state index is 0.0949. The van der Waals surface area contributed by atoms with Crippen molar-refractivity contribution in [3.05, 3.63) is 0 Å². The number of hydrogen-bond acceptors (Lipinski definition) is 3. The van der Waals surface area contributed by atoms with E-state index < -0.39 is 17.3 Å². The summed E-state index contributed by atoms with van der Waals surface area (Å²) in [6.45, 7) is 8.67. The van der Waals surface area contributed by atoms with Gasteiger partial charge in [-0.05, 0) is 43.8 Å². The summed E-state index contributed by atoms with van der Waals surface area (Å²) in [5, 5.41) is 12.1. The number of carboxylic acids is 1. The molecule has 0 aromatic rings. The summed E-state index contributed by atoms with van der Waals surface area (Å²) >= 11 is 0. The summed E-state index contributed by atoms with van der Waals surface area (Å²) in [7, 11) is 2.11. The second-order valence-corrected chi connectivity index (χ2v) is 7.45. The Morgan fingerprint density at radius 3 is 2.20 bits per heavy atom. The fourth-order valence-electron chi connectivity index (χ4n) is 3.33. The van der Waals surface area contributed by atoms with E-state index in [1.54, 1.807) is 0 Å². The maximum atomic E-state index is 12.2. The van der Waals surface area contributed by atoms with Crippen molar-refractivity contribution < 1.29 is 14.7 Å². The van der Waals surface area contributed by atoms with Crippen molar-refractivity contribution in [2.24, 2.45) is 22.7 Å². The largest absolute Gasteiger partial charge is 0.481 e. The lowest BCUT2D eigenvalue weighted by Gasteiger charge is -2.38. The molecular weight excluding hydrogens is 256 g/mol. The molecule has 5 nitrogen and oxygen atoms in total. The van der Waals surface area contributed by atoms with Crippen molar-refractivity contribution in [2.75, 3.05) is 26.7 Å². The lowest BCUT2D eigenvalue weighted by Crippen LogP contribution is -2.44. The molecule has 1 aliphatic heterocycles. The number of likely N-dealkylation sites (tertiary alicyclic amines) is 1. The van der Waals surface area contributed by atoms with Gasteiger partial charge in [0.2, 0.25) is 5.91 Å². The molecule has 2 rings (SSSR count). The molecule has 1 aliphatic carbocycles. The van der Waals surface area contributed by atoms with Crippen LogP contribution >= 0.6 is 0 Å². The molecule has 0 radical (unpaired) electrons. The van der Waals surface area contributed by atoms with Gasteiger partial charge in [0.05, 0.1) is 11.8 Å². The molecule has 2 atom stereocenters. The normalized spacial score (nSPS) is 31.6. The van der Waals surface area contributed by atoms with Crippen LogP contribution in [0.3, 0.4) is 0 Å². The second kappa shape index (κ2) is 5.02. The number of amides is 1. The average Bonchev–Trinajstić information content (AvgIpc) is 2.94. The highest BCUT2D eigenvalue weighted by Gasteiger charge is 2.65. The third-order valence-electron chi connectivity index (χ3n) is 5.26. The van der Waals surface area contributed by atoms with E-state index in [1.807, 2.05) is 13.8 Å². The van der Waals surface area contributed by atoms with Gasteiger partial charge in [-0.3, -0.25) is 9.59 Å². The Hall–Kier alpha value is -1.10. The fourth-order valence-corrected chi connectivity index (χ4v) is 3.33. The molecule has 1 saturated carbocycles. The molecular formula is C15H26N2O3. The standard InChI is InChI=1S/C15H26N2O3/c1-14(2)10(11(14)13(19)20)12(18)16-9-15(3)5-7-17(4)8-6-15/h10-11H,5-9H2,1-4H3,(H,16,18)(H,19,20). The molecule has 0 aromatic carbocycles. The molecule has 2 unspecified atom stereocenters. The summed E-state index contributed by atoms with van der Waals surface area (Å²) in [6, 6.07) is 0. The molecule has 114 valence electrons. The number of aliphatic carboxylic acids is 1. The van der Waals surface area contributed by atoms with E-state index in [-0.39, 0.29) is 17.2 Å². The number of nitrogens with zero attached hydrogens (tertiary/aromatic N) is 1. The van der Waals surface area contributed by atoms with Crippen molar-refractivity contribution in [3.8, 4) is 0 Å². The van der Waals surface area contributed by atoms with Crippen LogP contribution in [0.2, 0.25) is 0 Å². The number of nitrogens with one attached hydrogen (secondary N) is 1. The summed E-state index contributed by atoms with van der Waals surface area (Å²) < 4.78 is 0. The number of carbonyl (C=O) groups excluding carboxylic acids is 1. The van der Waals surface area contributed by atoms with Crippen molar-refractivity contribution in [3.63, 3.8) is 0 Å². The van der Waals surface area contributed by atoms with E-state index in [9.17, 15) is 9.59 Å². The van der Waals surface area contributed by atoms with Crippen LogP contribution in [-0.4, -0.2) is 48.6 Å². The van der Waals surface area contributed by atoms with Gasteiger partial charge in [-0.1, -0.05) is 20.8 Å². The predicted molar refractivity (Wildman–Crippen MR) is 76.2 cm³/mol. The van der Waals surface area contributed by atoms with E-state index in [0.29, 0.717) is 6.54 Å². The minimum Gasteiger partial charge on any atom is -0.481 e. The van der Waals surface area contributed by atoms with Gasteiger partial charge in [0.15, 0.2) is 0 Å². The van der Waals surface area contributed by atoms with Gasteiger partial charge in [-0.2, -0.15) is 0 Å². The highest BCUT2D eigenvalue weighted by molar-refractivity contribution is 5.91. The first-order chi connectivity index (χ1) is 9.17. The predicted octanol–water partition coefficient (Wildman–Crippen LogP) is 1.19. The Morgan fingerprint density at radius 2 is 1.75 bits per heavy atom. The number of rotatable bonds is 4. The number of carboxylic acid groups (broad SMARTS) is 1. The Balaban J connectivity index is 1.86. The lowest BCUT2D eigenvalue weighted by molar-refractivity contribution is -0.140. The summed E-state index contributed by atoms with van der Waals surface area (Å²) in [5.41, 5.74) is -0.274. The van der Waals surface area contributed by atoms with Crippen LogP contribution in [0.1, 0.15) is 33.6 Å². The SMILES string of the molecule is CN1CCC(C)(CNC(=O)C2C(C(=O)O)C2(C)C)CC1. The molecule has 0 spiro atoms. The molecule has 5 heteroatoms. The number of piperidine rings is 1. The summed E-state index contributed by atoms with van der Waals surface area (Å²) in [5.74, 6) is -1.87. The number of carbonyl (C=O) groups is 2. The van der Waals surface area contributed by atoms with Gasteiger partial charge in [-0.15, -0.1) is 0 Å². The van der Waals surface area contributed by atoms with Gasteiger partial charge >= 0.3 is 5.97 Å². The van der Waals surface area contributed by atoms with Gasteiger partial charge in [0, 0.05) is 6.54 Å². The molecule has 2 fully saturated rings. The highest BCUT2D eigenvalue weighted by atomic mass is 16.4. The maximum absolute atomic E-state index is 12.2. The first-order valence-electron chi connectivity index (χ1n) is 7.36. The van der Waals surface area contributed by atoms with Crippen molar-refractivity contribution in [1.29, 1.82) is 0 Å². The van der Waals surface area contributed by atoms with Crippen LogP contribution in [-0.2, 0) is 9.59 Å². The second-order valence-electron chi connectivity index (χ2n) is 7.45. The van der Waals surface area contributed by atoms with E-state index >= 15 is 0 Å². The average molecular weight is 282 g/mol. The summed E-state index contributed by atoms with van der Waals surface area (Å²) in [4.78, 5) is 25.6. The van der Waals surface area contributed by atoms with Crippen molar-refractivity contribution in [2.45, 2.75) is 33.6 Å². The van der Waals surface area contributed by atoms with E-state index in [2.05, 4.69) is 24.2 Å². The van der Waals surface area contributed by atoms with Gasteiger partial charge in [0.25, 0.3) is 0 Å². The first-order valence-corrected chi connectivity index (χ1v) is 7.36. The maximum Gasteiger partial charge on any atom is 0.307 e. The zero-order valence-corrected chi connectivity index (χ0v) is 12.9. The third kappa shape index (κ3) is 2.82. The minimum atomic E-state index is -0.861. The summed E-state index contributed by atoms with van der Waals surface area (Å²) in [6.07, 6.45) is 2.14. The molecule has 0 bridgehead atoms. The molecule has 1 saturated heterocycles. The van der Waals surface area contributed by atoms with Gasteiger partial charge in [-0.25, -0.2) is 0 Å². The van der Waals surface area contributed by atoms with Gasteiger partial charge in [0.1, 0.15) is 0 Å². The smallest absolute Gasteiger partial charge is 0.307 e. The van der Waals surface area contributed by atoms with Crippen LogP contribution in [0, 0.1) is 22.7 Å². The van der Waals surface area contributed by atoms with Crippen LogP contribution < -0.4 is 5.32 Å². The number of hydrogen-bond donors (Lipinski definition) is 2. The monoisotopic (exact) mass is 282 g/mol.